The van der Waals surface area contributed by atoms with Crippen molar-refractivity contribution in [3.63, 3.8) is 0 Å². The highest BCUT2D eigenvalue weighted by Gasteiger charge is 2.27. The zero-order valence-electron chi connectivity index (χ0n) is 19.1. The second-order valence-electron chi connectivity index (χ2n) is 8.03. The Morgan fingerprint density at radius 1 is 1.09 bits per heavy atom. The van der Waals surface area contributed by atoms with Crippen LogP contribution in [0.1, 0.15) is 21.6 Å². The van der Waals surface area contributed by atoms with Gasteiger partial charge in [0, 0.05) is 21.7 Å². The van der Waals surface area contributed by atoms with Gasteiger partial charge in [-0.25, -0.2) is 14.2 Å². The molecule has 0 bridgehead atoms. The lowest BCUT2D eigenvalue weighted by atomic mass is 10.1. The minimum atomic E-state index is -1.27. The summed E-state index contributed by atoms with van der Waals surface area (Å²) in [4.78, 5) is 41.8. The molecule has 5 aromatic rings. The molecule has 178 valence electrons. The van der Waals surface area contributed by atoms with E-state index in [4.69, 9.17) is 9.47 Å². The first-order chi connectivity index (χ1) is 16.8. The number of fused-ring (bicyclic) bond motifs is 2. The molecule has 0 fully saturated rings. The Bertz CT molecular complexity index is 1740. The van der Waals surface area contributed by atoms with Gasteiger partial charge in [0.25, 0.3) is 5.56 Å². The maximum Gasteiger partial charge on any atom is 0.354 e. The van der Waals surface area contributed by atoms with Crippen molar-refractivity contribution in [2.24, 2.45) is 0 Å². The first-order valence-electron chi connectivity index (χ1n) is 10.6. The van der Waals surface area contributed by atoms with Gasteiger partial charge >= 0.3 is 11.7 Å². The summed E-state index contributed by atoms with van der Waals surface area (Å²) in [5, 5.41) is 14.4. The molecule has 0 aliphatic heterocycles. The number of hydrogen-bond acceptors (Lipinski definition) is 6. The van der Waals surface area contributed by atoms with Gasteiger partial charge in [0.2, 0.25) is 0 Å². The summed E-state index contributed by atoms with van der Waals surface area (Å²) >= 11 is 1.28. The van der Waals surface area contributed by atoms with Crippen LogP contribution in [0, 0.1) is 6.92 Å². The van der Waals surface area contributed by atoms with E-state index in [0.717, 1.165) is 10.1 Å². The summed E-state index contributed by atoms with van der Waals surface area (Å²) in [6.07, 6.45) is 0. The highest BCUT2D eigenvalue weighted by Crippen LogP contribution is 2.35. The van der Waals surface area contributed by atoms with Crippen LogP contribution in [0.25, 0.3) is 27.5 Å². The predicted molar refractivity (Wildman–Crippen MR) is 134 cm³/mol. The van der Waals surface area contributed by atoms with Crippen LogP contribution < -0.4 is 20.7 Å². The van der Waals surface area contributed by atoms with E-state index >= 15 is 0 Å². The number of benzene rings is 2. The second kappa shape index (κ2) is 8.48. The number of nitrogens with zero attached hydrogens (tertiary/aromatic N) is 2. The molecule has 0 saturated heterocycles. The molecule has 10 heteroatoms. The number of nitrogens with one attached hydrogen (secondary N) is 1. The van der Waals surface area contributed by atoms with E-state index < -0.39 is 17.2 Å². The lowest BCUT2D eigenvalue weighted by Gasteiger charge is -2.15. The number of rotatable bonds is 6. The number of carbonyl (C=O) groups is 1. The third-order valence-electron chi connectivity index (χ3n) is 5.97. The number of H-pyrrole nitrogens is 1. The molecular weight excluding hydrogens is 470 g/mol. The van der Waals surface area contributed by atoms with Crippen molar-refractivity contribution in [2.75, 3.05) is 14.2 Å². The van der Waals surface area contributed by atoms with E-state index in [2.05, 4.69) is 4.98 Å². The smallest absolute Gasteiger partial charge is 0.354 e. The molecule has 0 spiro atoms. The lowest BCUT2D eigenvalue weighted by Crippen LogP contribution is -2.34. The lowest BCUT2D eigenvalue weighted by molar-refractivity contribution is 0.0686. The van der Waals surface area contributed by atoms with E-state index in [1.54, 1.807) is 39.6 Å². The third-order valence-corrected chi connectivity index (χ3v) is 6.72. The van der Waals surface area contributed by atoms with E-state index in [9.17, 15) is 19.5 Å². The van der Waals surface area contributed by atoms with Crippen LogP contribution in [-0.2, 0) is 6.54 Å². The highest BCUT2D eigenvalue weighted by atomic mass is 32.1. The van der Waals surface area contributed by atoms with Crippen molar-refractivity contribution in [3.05, 3.63) is 84.8 Å². The molecular formula is C25H21N3O6S. The number of carboxylic acid groups (broad SMARTS) is 1. The summed E-state index contributed by atoms with van der Waals surface area (Å²) in [5.74, 6) is -0.297. The van der Waals surface area contributed by atoms with Crippen molar-refractivity contribution < 1.29 is 19.4 Å². The molecule has 0 unspecified atom stereocenters. The standard InChI is InChI=1S/C25H21N3O6S/c1-13-7-8-18-15(9-13)20(28-23(29)16-11-35-12-17(16)26-25(28)32)21(24(30)31)27(18)10-14-5-4-6-19(33-2)22(14)34-3/h4-9,11-12H,10H2,1-3H3,(H,26,32)(H,30,31). The average molecular weight is 492 g/mol. The van der Waals surface area contributed by atoms with E-state index in [1.165, 1.54) is 25.6 Å². The molecule has 5 rings (SSSR count). The number of carboxylic acids is 1. The molecule has 3 aromatic heterocycles. The average Bonchev–Trinajstić information content (AvgIpc) is 3.42. The highest BCUT2D eigenvalue weighted by molar-refractivity contribution is 7.09. The minimum absolute atomic E-state index is 0.0254. The summed E-state index contributed by atoms with van der Waals surface area (Å²) < 4.78 is 13.4. The van der Waals surface area contributed by atoms with Gasteiger partial charge in [0.15, 0.2) is 17.2 Å². The fourth-order valence-corrected chi connectivity index (χ4v) is 5.21. The van der Waals surface area contributed by atoms with Gasteiger partial charge in [-0.15, -0.1) is 11.3 Å². The summed E-state index contributed by atoms with van der Waals surface area (Å²) in [5.41, 5.74) is 1.06. The third kappa shape index (κ3) is 3.50. The molecule has 3 heterocycles. The molecule has 2 aromatic carbocycles. The van der Waals surface area contributed by atoms with Crippen LogP contribution in [0.15, 0.2) is 56.7 Å². The molecule has 0 radical (unpaired) electrons. The van der Waals surface area contributed by atoms with Gasteiger partial charge in [-0.05, 0) is 25.1 Å². The summed E-state index contributed by atoms with van der Waals surface area (Å²) in [6, 6.07) is 10.8. The Balaban J connectivity index is 1.88. The van der Waals surface area contributed by atoms with Gasteiger partial charge in [-0.2, -0.15) is 0 Å². The number of para-hydroxylation sites is 1. The van der Waals surface area contributed by atoms with Crippen LogP contribution >= 0.6 is 11.3 Å². The van der Waals surface area contributed by atoms with Crippen molar-refractivity contribution in [2.45, 2.75) is 13.5 Å². The summed E-state index contributed by atoms with van der Waals surface area (Å²) in [6.45, 7) is 1.97. The SMILES string of the molecule is COc1cccc(Cn2c(C(=O)O)c(-n3c(=O)[nH]c4cscc4c3=O)c3cc(C)ccc32)c1OC. The Kier molecular flexibility index (Phi) is 5.45. The predicted octanol–water partition coefficient (Wildman–Crippen LogP) is 3.77. The van der Waals surface area contributed by atoms with Crippen LogP contribution in [0.3, 0.4) is 0 Å². The topological polar surface area (TPSA) is 116 Å². The van der Waals surface area contributed by atoms with Gasteiger partial charge < -0.3 is 24.1 Å². The van der Waals surface area contributed by atoms with Gasteiger partial charge in [-0.3, -0.25) is 4.79 Å². The first kappa shape index (κ1) is 22.5. The fraction of sp³-hybridized carbons (Fsp3) is 0.160. The zero-order chi connectivity index (χ0) is 24.9. The molecule has 0 aliphatic rings. The number of aromatic nitrogens is 3. The van der Waals surface area contributed by atoms with E-state index in [-0.39, 0.29) is 17.9 Å². The van der Waals surface area contributed by atoms with Crippen molar-refractivity contribution >= 4 is 39.1 Å². The van der Waals surface area contributed by atoms with E-state index in [1.807, 2.05) is 19.1 Å². The molecule has 0 amide bonds. The molecule has 35 heavy (non-hydrogen) atoms. The van der Waals surface area contributed by atoms with Crippen LogP contribution in [-0.4, -0.2) is 39.4 Å². The Labute approximate surface area is 202 Å². The zero-order valence-corrected chi connectivity index (χ0v) is 19.9. The number of methoxy groups -OCH3 is 2. The Morgan fingerprint density at radius 3 is 2.60 bits per heavy atom. The maximum absolute atomic E-state index is 13.4. The summed E-state index contributed by atoms with van der Waals surface area (Å²) in [7, 11) is 3.03. The number of hydrogen-bond donors (Lipinski definition) is 2. The van der Waals surface area contributed by atoms with Gasteiger partial charge in [0.05, 0.1) is 42.9 Å². The number of thiophene rings is 1. The molecule has 9 nitrogen and oxygen atoms in total. The van der Waals surface area contributed by atoms with Crippen LogP contribution in [0.4, 0.5) is 0 Å². The monoisotopic (exact) mass is 491 g/mol. The molecule has 0 saturated carbocycles. The quantitative estimate of drug-likeness (QED) is 0.374. The Morgan fingerprint density at radius 2 is 1.89 bits per heavy atom. The molecule has 2 N–H and O–H groups in total. The van der Waals surface area contributed by atoms with Crippen LogP contribution in [0.5, 0.6) is 11.5 Å². The number of ether oxygens (including phenoxy) is 2. The van der Waals surface area contributed by atoms with Crippen molar-refractivity contribution in [1.82, 2.24) is 14.1 Å². The Hall–Kier alpha value is -4.31. The minimum Gasteiger partial charge on any atom is -0.493 e. The molecule has 0 atom stereocenters. The van der Waals surface area contributed by atoms with Crippen LogP contribution in [0.2, 0.25) is 0 Å². The van der Waals surface area contributed by atoms with Gasteiger partial charge in [-0.1, -0.05) is 23.8 Å². The largest absolute Gasteiger partial charge is 0.493 e. The normalized spacial score (nSPS) is 11.3. The number of aromatic amines is 1. The number of aromatic carboxylic acids is 1. The van der Waals surface area contributed by atoms with Crippen molar-refractivity contribution in [1.29, 1.82) is 0 Å². The fourth-order valence-electron chi connectivity index (χ4n) is 4.45. The van der Waals surface area contributed by atoms with E-state index in [0.29, 0.717) is 38.9 Å². The molecule has 0 aliphatic carbocycles. The first-order valence-corrected chi connectivity index (χ1v) is 11.6. The van der Waals surface area contributed by atoms with Gasteiger partial charge in [0.1, 0.15) is 0 Å². The van der Waals surface area contributed by atoms with Crippen molar-refractivity contribution in [3.8, 4) is 17.2 Å². The second-order valence-corrected chi connectivity index (χ2v) is 8.78. The number of aryl methyl sites for hydroxylation is 1. The maximum atomic E-state index is 13.4.